The number of amides is 2. The average molecular weight is 379 g/mol. The molecule has 5 nitrogen and oxygen atoms in total. The van der Waals surface area contributed by atoms with Gasteiger partial charge in [0.05, 0.1) is 22.3 Å². The Morgan fingerprint density at radius 2 is 1.84 bits per heavy atom. The Morgan fingerprint density at radius 3 is 2.52 bits per heavy atom. The van der Waals surface area contributed by atoms with Crippen LogP contribution in [0.15, 0.2) is 42.5 Å². The number of carbonyl (C=O) groups is 2. The summed E-state index contributed by atoms with van der Waals surface area (Å²) in [5, 5.41) is 3.31. The molecule has 2 amide bonds. The van der Waals surface area contributed by atoms with Crippen LogP contribution in [0.25, 0.3) is 0 Å². The molecule has 0 spiro atoms. The highest BCUT2D eigenvalue weighted by Gasteiger charge is 2.31. The van der Waals surface area contributed by atoms with Gasteiger partial charge in [-0.25, -0.2) is 0 Å². The molecule has 1 atom stereocenters. The minimum Gasteiger partial charge on any atom is -0.480 e. The van der Waals surface area contributed by atoms with Crippen molar-refractivity contribution in [3.63, 3.8) is 0 Å². The second kappa shape index (κ2) is 7.33. The number of nitrogens with one attached hydrogen (secondary N) is 1. The predicted molar refractivity (Wildman–Crippen MR) is 97.3 cm³/mol. The van der Waals surface area contributed by atoms with Crippen molar-refractivity contribution < 1.29 is 14.3 Å². The lowest BCUT2D eigenvalue weighted by atomic mass is 10.1. The van der Waals surface area contributed by atoms with E-state index in [-0.39, 0.29) is 18.4 Å². The molecular weight excluding hydrogens is 363 g/mol. The normalized spacial score (nSPS) is 15.2. The summed E-state index contributed by atoms with van der Waals surface area (Å²) >= 11 is 12.1. The summed E-state index contributed by atoms with van der Waals surface area (Å²) in [4.78, 5) is 26.0. The smallest absolute Gasteiger partial charge is 0.264 e. The third kappa shape index (κ3) is 3.89. The number of hydrogen-bond donors (Lipinski definition) is 1. The second-order valence-electron chi connectivity index (χ2n) is 5.76. The van der Waals surface area contributed by atoms with E-state index in [2.05, 4.69) is 5.32 Å². The molecular formula is C18H16Cl2N2O3. The molecule has 0 bridgehead atoms. The van der Waals surface area contributed by atoms with Crippen LogP contribution >= 0.6 is 23.2 Å². The van der Waals surface area contributed by atoms with Crippen molar-refractivity contribution in [2.24, 2.45) is 0 Å². The van der Waals surface area contributed by atoms with E-state index < -0.39 is 6.10 Å². The molecule has 2 aromatic carbocycles. The minimum absolute atomic E-state index is 0.128. The molecule has 25 heavy (non-hydrogen) atoms. The molecule has 1 heterocycles. The van der Waals surface area contributed by atoms with Crippen LogP contribution in [0.3, 0.4) is 0 Å². The van der Waals surface area contributed by atoms with Crippen LogP contribution in [0.1, 0.15) is 5.56 Å². The number of fused-ring (bicyclic) bond motifs is 1. The molecule has 1 aliphatic heterocycles. The van der Waals surface area contributed by atoms with Gasteiger partial charge in [-0.2, -0.15) is 0 Å². The van der Waals surface area contributed by atoms with Crippen molar-refractivity contribution in [2.45, 2.75) is 12.5 Å². The van der Waals surface area contributed by atoms with Crippen molar-refractivity contribution in [3.05, 3.63) is 58.1 Å². The van der Waals surface area contributed by atoms with Gasteiger partial charge in [0.2, 0.25) is 5.91 Å². The van der Waals surface area contributed by atoms with E-state index in [1.807, 2.05) is 24.3 Å². The quantitative estimate of drug-likeness (QED) is 0.886. The number of likely N-dealkylation sites (N-methyl/N-ethyl adjacent to an activating group) is 1. The van der Waals surface area contributed by atoms with E-state index in [0.29, 0.717) is 27.9 Å². The van der Waals surface area contributed by atoms with Gasteiger partial charge in [0.15, 0.2) is 6.10 Å². The number of ether oxygens (including phenoxy) is 1. The molecule has 130 valence electrons. The lowest BCUT2D eigenvalue weighted by Crippen LogP contribution is -2.42. The Balaban J connectivity index is 1.60. The summed E-state index contributed by atoms with van der Waals surface area (Å²) in [5.41, 5.74) is 1.32. The molecule has 0 unspecified atom stereocenters. The van der Waals surface area contributed by atoms with Gasteiger partial charge < -0.3 is 15.0 Å². The number of carbonyl (C=O) groups excluding carboxylic acids is 2. The fourth-order valence-electron chi connectivity index (χ4n) is 2.66. The van der Waals surface area contributed by atoms with Crippen LogP contribution in [-0.2, 0) is 16.0 Å². The molecule has 0 fully saturated rings. The van der Waals surface area contributed by atoms with Gasteiger partial charge in [-0.3, -0.25) is 9.59 Å². The molecule has 0 saturated heterocycles. The first kappa shape index (κ1) is 17.6. The number of rotatable bonds is 4. The molecule has 2 aromatic rings. The lowest BCUT2D eigenvalue weighted by Gasteiger charge is -2.20. The summed E-state index contributed by atoms with van der Waals surface area (Å²) in [6.07, 6.45) is -0.115. The Hall–Kier alpha value is -2.24. The van der Waals surface area contributed by atoms with Crippen LogP contribution in [0.2, 0.25) is 10.0 Å². The van der Waals surface area contributed by atoms with Gasteiger partial charge >= 0.3 is 0 Å². The third-order valence-electron chi connectivity index (χ3n) is 3.91. The summed E-state index contributed by atoms with van der Waals surface area (Å²) in [6.45, 7) is -0.128. The summed E-state index contributed by atoms with van der Waals surface area (Å²) < 4.78 is 5.66. The van der Waals surface area contributed by atoms with Gasteiger partial charge in [0, 0.05) is 13.5 Å². The van der Waals surface area contributed by atoms with E-state index in [9.17, 15) is 9.59 Å². The van der Waals surface area contributed by atoms with Crippen molar-refractivity contribution in [2.75, 3.05) is 18.9 Å². The standard InChI is InChI=1S/C18H16Cl2N2O3/c1-22(10-16(23)21-17-12(19)6-4-7-13(17)20)18(24)15-9-11-5-2-3-8-14(11)25-15/h2-8,15H,9-10H2,1H3,(H,21,23)/t15-/m1/s1. The van der Waals surface area contributed by atoms with Gasteiger partial charge in [-0.15, -0.1) is 0 Å². The van der Waals surface area contributed by atoms with Crippen molar-refractivity contribution in [1.29, 1.82) is 0 Å². The van der Waals surface area contributed by atoms with E-state index >= 15 is 0 Å². The van der Waals surface area contributed by atoms with E-state index in [0.717, 1.165) is 5.56 Å². The monoisotopic (exact) mass is 378 g/mol. The third-order valence-corrected chi connectivity index (χ3v) is 4.54. The Morgan fingerprint density at radius 1 is 1.16 bits per heavy atom. The number of hydrogen-bond acceptors (Lipinski definition) is 3. The topological polar surface area (TPSA) is 58.6 Å². The van der Waals surface area contributed by atoms with Crippen LogP contribution < -0.4 is 10.1 Å². The van der Waals surface area contributed by atoms with E-state index in [4.69, 9.17) is 27.9 Å². The predicted octanol–water partition coefficient (Wildman–Crippen LogP) is 3.39. The van der Waals surface area contributed by atoms with Crippen LogP contribution in [0.4, 0.5) is 5.69 Å². The fourth-order valence-corrected chi connectivity index (χ4v) is 3.15. The van der Waals surface area contributed by atoms with Gasteiger partial charge in [-0.05, 0) is 23.8 Å². The molecule has 0 saturated carbocycles. The maximum absolute atomic E-state index is 12.5. The average Bonchev–Trinajstić information content (AvgIpc) is 3.01. The first-order chi connectivity index (χ1) is 12.0. The SMILES string of the molecule is CN(CC(=O)Nc1c(Cl)cccc1Cl)C(=O)[C@H]1Cc2ccccc2O1. The molecule has 1 N–H and O–H groups in total. The van der Waals surface area contributed by atoms with Gasteiger partial charge in [0.1, 0.15) is 5.75 Å². The summed E-state index contributed by atoms with van der Waals surface area (Å²) in [5.74, 6) is 0.0690. The largest absolute Gasteiger partial charge is 0.480 e. The zero-order valence-corrected chi connectivity index (χ0v) is 15.0. The Labute approximate surface area is 155 Å². The van der Waals surface area contributed by atoms with Crippen molar-refractivity contribution >= 4 is 40.7 Å². The summed E-state index contributed by atoms with van der Waals surface area (Å²) in [6, 6.07) is 12.5. The van der Waals surface area contributed by atoms with Crippen molar-refractivity contribution in [3.8, 4) is 5.75 Å². The van der Waals surface area contributed by atoms with Gasteiger partial charge in [0.25, 0.3) is 5.91 Å². The highest BCUT2D eigenvalue weighted by atomic mass is 35.5. The first-order valence-corrected chi connectivity index (χ1v) is 8.44. The molecule has 3 rings (SSSR count). The molecule has 1 aliphatic rings. The Bertz CT molecular complexity index is 780. The van der Waals surface area contributed by atoms with Gasteiger partial charge in [-0.1, -0.05) is 47.5 Å². The van der Waals surface area contributed by atoms with E-state index in [1.165, 1.54) is 4.90 Å². The number of para-hydroxylation sites is 2. The number of benzene rings is 2. The number of anilines is 1. The maximum atomic E-state index is 12.5. The Kier molecular flexibility index (Phi) is 5.16. The zero-order valence-electron chi connectivity index (χ0n) is 13.5. The lowest BCUT2D eigenvalue weighted by molar-refractivity contribution is -0.139. The zero-order chi connectivity index (χ0) is 18.0. The van der Waals surface area contributed by atoms with Crippen LogP contribution in [-0.4, -0.2) is 36.4 Å². The fraction of sp³-hybridized carbons (Fsp3) is 0.222. The first-order valence-electron chi connectivity index (χ1n) is 7.69. The van der Waals surface area contributed by atoms with Crippen molar-refractivity contribution in [1.82, 2.24) is 4.90 Å². The molecule has 0 radical (unpaired) electrons. The van der Waals surface area contributed by atoms with E-state index in [1.54, 1.807) is 25.2 Å². The number of halogens is 2. The minimum atomic E-state index is -0.612. The second-order valence-corrected chi connectivity index (χ2v) is 6.57. The highest BCUT2D eigenvalue weighted by molar-refractivity contribution is 6.39. The maximum Gasteiger partial charge on any atom is 0.264 e. The summed E-state index contributed by atoms with van der Waals surface area (Å²) in [7, 11) is 1.56. The van der Waals surface area contributed by atoms with Crippen LogP contribution in [0.5, 0.6) is 5.75 Å². The number of nitrogens with zero attached hydrogens (tertiary/aromatic N) is 1. The molecule has 0 aliphatic carbocycles. The molecule has 0 aromatic heterocycles. The highest BCUT2D eigenvalue weighted by Crippen LogP contribution is 2.30. The molecule has 7 heteroatoms. The van der Waals surface area contributed by atoms with Crippen LogP contribution in [0, 0.1) is 0 Å².